The first kappa shape index (κ1) is 15.7. The zero-order valence-electron chi connectivity index (χ0n) is 13.8. The van der Waals surface area contributed by atoms with Crippen LogP contribution in [0, 0.1) is 11.3 Å². The number of hydrogen-bond acceptors (Lipinski definition) is 3. The van der Waals surface area contributed by atoms with E-state index in [0.29, 0.717) is 32.4 Å². The largest absolute Gasteiger partial charge is 0.481 e. The number of fused-ring (bicyclic) bond motifs is 1. The highest BCUT2D eigenvalue weighted by Crippen LogP contribution is 2.49. The van der Waals surface area contributed by atoms with Gasteiger partial charge in [0.15, 0.2) is 0 Å². The molecule has 2 saturated heterocycles. The van der Waals surface area contributed by atoms with E-state index in [-0.39, 0.29) is 29.4 Å². The van der Waals surface area contributed by atoms with Crippen LogP contribution >= 0.6 is 0 Å². The van der Waals surface area contributed by atoms with Crippen molar-refractivity contribution in [2.75, 3.05) is 13.1 Å². The van der Waals surface area contributed by atoms with E-state index in [0.717, 1.165) is 32.1 Å². The van der Waals surface area contributed by atoms with Gasteiger partial charge in [-0.3, -0.25) is 9.59 Å². The van der Waals surface area contributed by atoms with E-state index in [4.69, 9.17) is 0 Å². The van der Waals surface area contributed by atoms with Crippen LogP contribution in [0.4, 0.5) is 4.79 Å². The lowest BCUT2D eigenvalue weighted by Crippen LogP contribution is -2.69. The summed E-state index contributed by atoms with van der Waals surface area (Å²) in [4.78, 5) is 37.9. The van der Waals surface area contributed by atoms with Gasteiger partial charge in [-0.1, -0.05) is 6.42 Å². The number of rotatable bonds is 2. The number of nitrogens with zero attached hydrogens (tertiary/aromatic N) is 1. The number of carboxylic acid groups (broad SMARTS) is 1. The number of carbonyl (C=O) groups excluding carboxylic acids is 2. The van der Waals surface area contributed by atoms with Crippen molar-refractivity contribution in [1.29, 1.82) is 0 Å². The zero-order chi connectivity index (χ0) is 16.9. The van der Waals surface area contributed by atoms with Gasteiger partial charge in [0, 0.05) is 19.5 Å². The molecule has 4 rings (SSSR count). The van der Waals surface area contributed by atoms with Gasteiger partial charge < -0.3 is 20.6 Å². The van der Waals surface area contributed by atoms with Crippen molar-refractivity contribution in [2.24, 2.45) is 11.3 Å². The van der Waals surface area contributed by atoms with Crippen molar-refractivity contribution in [3.8, 4) is 0 Å². The molecule has 1 unspecified atom stereocenters. The molecule has 3 N–H and O–H groups in total. The fourth-order valence-corrected chi connectivity index (χ4v) is 5.25. The molecular formula is C17H25N3O4. The van der Waals surface area contributed by atoms with Crippen LogP contribution in [0.1, 0.15) is 51.4 Å². The van der Waals surface area contributed by atoms with Gasteiger partial charge in [-0.25, -0.2) is 4.79 Å². The third-order valence-electron chi connectivity index (χ3n) is 6.84. The van der Waals surface area contributed by atoms with E-state index in [1.165, 1.54) is 0 Å². The number of likely N-dealkylation sites (tertiary alicyclic amines) is 1. The van der Waals surface area contributed by atoms with E-state index in [1.807, 2.05) is 0 Å². The average molecular weight is 335 g/mol. The highest BCUT2D eigenvalue weighted by Gasteiger charge is 2.56. The fraction of sp³-hybridized carbons (Fsp3) is 0.824. The summed E-state index contributed by atoms with van der Waals surface area (Å²) in [6, 6.07) is -0.213. The second kappa shape index (κ2) is 5.36. The van der Waals surface area contributed by atoms with Gasteiger partial charge in [-0.15, -0.1) is 0 Å². The smallest absolute Gasteiger partial charge is 0.317 e. The van der Waals surface area contributed by atoms with Gasteiger partial charge >= 0.3 is 12.0 Å². The number of carboxylic acids is 1. The molecule has 132 valence electrons. The third-order valence-corrected chi connectivity index (χ3v) is 6.84. The molecule has 3 amide bonds. The topological polar surface area (TPSA) is 98.7 Å². The van der Waals surface area contributed by atoms with Gasteiger partial charge in [0.1, 0.15) is 0 Å². The minimum atomic E-state index is -0.763. The first-order valence-corrected chi connectivity index (χ1v) is 9.05. The molecule has 0 aromatic rings. The van der Waals surface area contributed by atoms with E-state index in [9.17, 15) is 19.5 Å². The molecule has 0 aromatic carbocycles. The second-order valence-electron chi connectivity index (χ2n) is 8.03. The fourth-order valence-electron chi connectivity index (χ4n) is 5.25. The number of aliphatic carboxylic acids is 1. The molecule has 0 radical (unpaired) electrons. The lowest BCUT2D eigenvalue weighted by Gasteiger charge is -2.51. The standard InChI is InChI=1S/C17H25N3O4/c21-13-5-4-12(17(19-13)7-2-8-17)18-15(24)20-9-11-3-1-6-16(11,10-20)14(22)23/h11-12H,1-10H2,(H,18,24)(H,19,21)(H,22,23)/t11-,12?,16+/m0/s1. The summed E-state index contributed by atoms with van der Waals surface area (Å²) >= 11 is 0. The van der Waals surface area contributed by atoms with Crippen molar-refractivity contribution >= 4 is 17.9 Å². The predicted molar refractivity (Wildman–Crippen MR) is 85.3 cm³/mol. The van der Waals surface area contributed by atoms with Crippen LogP contribution in [0.25, 0.3) is 0 Å². The molecule has 2 heterocycles. The van der Waals surface area contributed by atoms with E-state index in [2.05, 4.69) is 10.6 Å². The number of nitrogens with one attached hydrogen (secondary N) is 2. The summed E-state index contributed by atoms with van der Waals surface area (Å²) < 4.78 is 0. The maximum absolute atomic E-state index is 12.7. The molecule has 1 spiro atoms. The molecule has 4 fully saturated rings. The van der Waals surface area contributed by atoms with E-state index in [1.54, 1.807) is 4.90 Å². The van der Waals surface area contributed by atoms with Crippen LogP contribution in [-0.4, -0.2) is 52.6 Å². The summed E-state index contributed by atoms with van der Waals surface area (Å²) in [5.74, 6) is -0.620. The molecule has 4 aliphatic rings. The van der Waals surface area contributed by atoms with Gasteiger partial charge in [-0.05, 0) is 44.4 Å². The summed E-state index contributed by atoms with van der Waals surface area (Å²) in [7, 11) is 0. The van der Waals surface area contributed by atoms with Crippen molar-refractivity contribution < 1.29 is 19.5 Å². The van der Waals surface area contributed by atoms with Crippen LogP contribution in [0.15, 0.2) is 0 Å². The Hall–Kier alpha value is -1.79. The van der Waals surface area contributed by atoms with Crippen LogP contribution in [-0.2, 0) is 9.59 Å². The predicted octanol–water partition coefficient (Wildman–Crippen LogP) is 1.08. The van der Waals surface area contributed by atoms with Gasteiger partial charge in [0.25, 0.3) is 0 Å². The van der Waals surface area contributed by atoms with Gasteiger partial charge in [-0.2, -0.15) is 0 Å². The summed E-state index contributed by atoms with van der Waals surface area (Å²) in [6.07, 6.45) is 6.48. The summed E-state index contributed by atoms with van der Waals surface area (Å²) in [5, 5.41) is 15.8. The Morgan fingerprint density at radius 1 is 1.21 bits per heavy atom. The van der Waals surface area contributed by atoms with Crippen LogP contribution in [0.3, 0.4) is 0 Å². The van der Waals surface area contributed by atoms with Crippen LogP contribution < -0.4 is 10.6 Å². The Bertz CT molecular complexity index is 588. The number of carbonyl (C=O) groups is 3. The quantitative estimate of drug-likeness (QED) is 0.703. The lowest BCUT2D eigenvalue weighted by molar-refractivity contribution is -0.149. The highest BCUT2D eigenvalue weighted by molar-refractivity contribution is 5.82. The molecule has 7 nitrogen and oxygen atoms in total. The molecule has 7 heteroatoms. The molecule has 24 heavy (non-hydrogen) atoms. The minimum absolute atomic E-state index is 0.0438. The molecule has 2 saturated carbocycles. The van der Waals surface area contributed by atoms with Crippen molar-refractivity contribution in [3.63, 3.8) is 0 Å². The Balaban J connectivity index is 1.44. The average Bonchev–Trinajstić information content (AvgIpc) is 3.05. The molecule has 3 atom stereocenters. The van der Waals surface area contributed by atoms with Crippen molar-refractivity contribution in [1.82, 2.24) is 15.5 Å². The lowest BCUT2D eigenvalue weighted by atomic mass is 9.68. The summed E-state index contributed by atoms with van der Waals surface area (Å²) in [5.41, 5.74) is -1.02. The van der Waals surface area contributed by atoms with E-state index >= 15 is 0 Å². The molecule has 0 bridgehead atoms. The maximum atomic E-state index is 12.7. The maximum Gasteiger partial charge on any atom is 0.317 e. The van der Waals surface area contributed by atoms with Crippen molar-refractivity contribution in [2.45, 2.75) is 62.9 Å². The molecular weight excluding hydrogens is 310 g/mol. The number of urea groups is 1. The molecule has 0 aromatic heterocycles. The van der Waals surface area contributed by atoms with Gasteiger partial charge in [0.05, 0.1) is 17.0 Å². The summed E-state index contributed by atoms with van der Waals surface area (Å²) in [6.45, 7) is 0.842. The molecule has 2 aliphatic carbocycles. The van der Waals surface area contributed by atoms with Crippen LogP contribution in [0.2, 0.25) is 0 Å². The first-order valence-electron chi connectivity index (χ1n) is 9.05. The minimum Gasteiger partial charge on any atom is -0.481 e. The second-order valence-corrected chi connectivity index (χ2v) is 8.03. The van der Waals surface area contributed by atoms with Gasteiger partial charge in [0.2, 0.25) is 5.91 Å². The Morgan fingerprint density at radius 3 is 2.62 bits per heavy atom. The number of piperidine rings is 1. The Labute approximate surface area is 141 Å². The Morgan fingerprint density at radius 2 is 2.00 bits per heavy atom. The highest BCUT2D eigenvalue weighted by atomic mass is 16.4. The SMILES string of the molecule is O=C1CCC(NC(=O)N2C[C@@H]3CCC[C@@]3(C(=O)O)C2)C2(CCC2)N1. The Kier molecular flexibility index (Phi) is 3.51. The normalized spacial score (nSPS) is 36.8. The van der Waals surface area contributed by atoms with Crippen LogP contribution in [0.5, 0.6) is 0 Å². The third kappa shape index (κ3) is 2.20. The zero-order valence-corrected chi connectivity index (χ0v) is 13.8. The molecule has 2 aliphatic heterocycles. The van der Waals surface area contributed by atoms with Crippen molar-refractivity contribution in [3.05, 3.63) is 0 Å². The first-order chi connectivity index (χ1) is 11.5. The monoisotopic (exact) mass is 335 g/mol. The van der Waals surface area contributed by atoms with E-state index < -0.39 is 11.4 Å². The number of hydrogen-bond donors (Lipinski definition) is 3. The number of amides is 3.